The zero-order chi connectivity index (χ0) is 14.8. The fourth-order valence-electron chi connectivity index (χ4n) is 2.06. The fourth-order valence-corrected chi connectivity index (χ4v) is 2.06. The molecule has 0 aliphatic rings. The maximum atomic E-state index is 4.43. The van der Waals surface area contributed by atoms with Crippen LogP contribution in [0.1, 0.15) is 50.4 Å². The van der Waals surface area contributed by atoms with Crippen molar-refractivity contribution in [3.8, 4) is 0 Å². The van der Waals surface area contributed by atoms with Gasteiger partial charge in [0.05, 0.1) is 11.7 Å². The zero-order valence-corrected chi connectivity index (χ0v) is 13.1. The zero-order valence-electron chi connectivity index (χ0n) is 13.1. The molecule has 0 amide bonds. The minimum absolute atomic E-state index is 0.0425. The maximum absolute atomic E-state index is 4.43. The molecule has 2 rings (SSSR count). The number of nitrogens with one attached hydrogen (secondary N) is 1. The second kappa shape index (κ2) is 5.80. The number of benzene rings is 1. The summed E-state index contributed by atoms with van der Waals surface area (Å²) >= 11 is 0. The standard InChI is InChI=1S/C17H25N3/c1-13-6-8-16(9-7-13)14(2)18-10-15-11-19-20(12-15)17(3,4)5/h6-9,11-12,14,18H,10H2,1-5H3. The van der Waals surface area contributed by atoms with E-state index in [1.54, 1.807) is 0 Å². The van der Waals surface area contributed by atoms with E-state index in [1.165, 1.54) is 16.7 Å². The number of hydrogen-bond donors (Lipinski definition) is 1. The summed E-state index contributed by atoms with van der Waals surface area (Å²) in [5.41, 5.74) is 3.88. The Balaban J connectivity index is 1.95. The highest BCUT2D eigenvalue weighted by atomic mass is 15.3. The van der Waals surface area contributed by atoms with Crippen LogP contribution in [0.5, 0.6) is 0 Å². The second-order valence-electron chi connectivity index (χ2n) is 6.48. The summed E-state index contributed by atoms with van der Waals surface area (Å²) in [7, 11) is 0. The molecule has 0 spiro atoms. The Labute approximate surface area is 122 Å². The molecule has 1 unspecified atom stereocenters. The van der Waals surface area contributed by atoms with Gasteiger partial charge in [-0.3, -0.25) is 4.68 Å². The van der Waals surface area contributed by atoms with Crippen LogP contribution >= 0.6 is 0 Å². The molecule has 1 aromatic carbocycles. The van der Waals surface area contributed by atoms with E-state index in [9.17, 15) is 0 Å². The highest BCUT2D eigenvalue weighted by molar-refractivity contribution is 5.23. The number of nitrogens with zero attached hydrogens (tertiary/aromatic N) is 2. The summed E-state index contributed by atoms with van der Waals surface area (Å²) in [4.78, 5) is 0. The normalized spacial score (nSPS) is 13.4. The van der Waals surface area contributed by atoms with Crippen LogP contribution in [0.2, 0.25) is 0 Å². The summed E-state index contributed by atoms with van der Waals surface area (Å²) in [6, 6.07) is 9.03. The smallest absolute Gasteiger partial charge is 0.0543 e. The van der Waals surface area contributed by atoms with Crippen molar-refractivity contribution in [1.29, 1.82) is 0 Å². The largest absolute Gasteiger partial charge is 0.306 e. The summed E-state index contributed by atoms with van der Waals surface area (Å²) < 4.78 is 2.01. The molecule has 1 N–H and O–H groups in total. The highest BCUT2D eigenvalue weighted by Gasteiger charge is 2.14. The third kappa shape index (κ3) is 3.70. The van der Waals surface area contributed by atoms with Gasteiger partial charge in [0.25, 0.3) is 0 Å². The van der Waals surface area contributed by atoms with Crippen LogP contribution < -0.4 is 5.32 Å². The molecule has 1 aromatic heterocycles. The third-order valence-corrected chi connectivity index (χ3v) is 3.51. The average molecular weight is 271 g/mol. The SMILES string of the molecule is Cc1ccc(C(C)NCc2cnn(C(C)(C)C)c2)cc1. The van der Waals surface area contributed by atoms with E-state index in [2.05, 4.69) is 75.5 Å². The van der Waals surface area contributed by atoms with E-state index in [1.807, 2.05) is 10.9 Å². The van der Waals surface area contributed by atoms with Crippen LogP contribution in [-0.2, 0) is 12.1 Å². The molecule has 0 saturated heterocycles. The van der Waals surface area contributed by atoms with Gasteiger partial charge in [-0.15, -0.1) is 0 Å². The van der Waals surface area contributed by atoms with Crippen molar-refractivity contribution in [2.75, 3.05) is 0 Å². The summed E-state index contributed by atoms with van der Waals surface area (Å²) in [5, 5.41) is 7.97. The molecule has 0 fully saturated rings. The number of aromatic nitrogens is 2. The third-order valence-electron chi connectivity index (χ3n) is 3.51. The lowest BCUT2D eigenvalue weighted by molar-refractivity contribution is 0.355. The van der Waals surface area contributed by atoms with Crippen LogP contribution in [0, 0.1) is 6.92 Å². The van der Waals surface area contributed by atoms with Crippen molar-refractivity contribution in [3.63, 3.8) is 0 Å². The van der Waals surface area contributed by atoms with Gasteiger partial charge in [-0.25, -0.2) is 0 Å². The van der Waals surface area contributed by atoms with Crippen LogP contribution in [0.4, 0.5) is 0 Å². The van der Waals surface area contributed by atoms with Gasteiger partial charge in [0.1, 0.15) is 0 Å². The molecule has 0 saturated carbocycles. The van der Waals surface area contributed by atoms with Crippen LogP contribution in [0.25, 0.3) is 0 Å². The molecular weight excluding hydrogens is 246 g/mol. The first-order valence-corrected chi connectivity index (χ1v) is 7.20. The van der Waals surface area contributed by atoms with Gasteiger partial charge in [0, 0.05) is 24.3 Å². The van der Waals surface area contributed by atoms with Gasteiger partial charge in [0.2, 0.25) is 0 Å². The van der Waals surface area contributed by atoms with E-state index in [0.717, 1.165) is 6.54 Å². The Hall–Kier alpha value is -1.61. The Morgan fingerprint density at radius 1 is 1.20 bits per heavy atom. The lowest BCUT2D eigenvalue weighted by Gasteiger charge is -2.18. The molecule has 3 heteroatoms. The van der Waals surface area contributed by atoms with Gasteiger partial charge in [-0.2, -0.15) is 5.10 Å². The molecule has 1 heterocycles. The van der Waals surface area contributed by atoms with Crippen molar-refractivity contribution in [3.05, 3.63) is 53.3 Å². The Kier molecular flexibility index (Phi) is 4.29. The van der Waals surface area contributed by atoms with E-state index in [4.69, 9.17) is 0 Å². The Morgan fingerprint density at radius 2 is 1.85 bits per heavy atom. The molecule has 0 radical (unpaired) electrons. The first-order valence-electron chi connectivity index (χ1n) is 7.20. The molecular formula is C17H25N3. The van der Waals surface area contributed by atoms with Crippen molar-refractivity contribution < 1.29 is 0 Å². The summed E-state index contributed by atoms with van der Waals surface area (Å²) in [5.74, 6) is 0. The highest BCUT2D eigenvalue weighted by Crippen LogP contribution is 2.16. The molecule has 0 aliphatic carbocycles. The first-order chi connectivity index (χ1) is 9.36. The summed E-state index contributed by atoms with van der Waals surface area (Å²) in [6.07, 6.45) is 4.06. The van der Waals surface area contributed by atoms with Gasteiger partial charge in [-0.05, 0) is 40.2 Å². The monoisotopic (exact) mass is 271 g/mol. The Morgan fingerprint density at radius 3 is 2.40 bits per heavy atom. The number of rotatable bonds is 4. The second-order valence-corrected chi connectivity index (χ2v) is 6.48. The van der Waals surface area contributed by atoms with E-state index < -0.39 is 0 Å². The van der Waals surface area contributed by atoms with E-state index in [-0.39, 0.29) is 5.54 Å². The minimum atomic E-state index is 0.0425. The van der Waals surface area contributed by atoms with Gasteiger partial charge >= 0.3 is 0 Å². The quantitative estimate of drug-likeness (QED) is 0.916. The maximum Gasteiger partial charge on any atom is 0.0543 e. The van der Waals surface area contributed by atoms with Crippen molar-refractivity contribution >= 4 is 0 Å². The molecule has 3 nitrogen and oxygen atoms in total. The molecule has 0 aliphatic heterocycles. The number of aryl methyl sites for hydroxylation is 1. The van der Waals surface area contributed by atoms with Crippen molar-refractivity contribution in [2.45, 2.75) is 52.7 Å². The van der Waals surface area contributed by atoms with Crippen LogP contribution in [0.15, 0.2) is 36.7 Å². The van der Waals surface area contributed by atoms with Gasteiger partial charge in [0.15, 0.2) is 0 Å². The topological polar surface area (TPSA) is 29.9 Å². The summed E-state index contributed by atoms with van der Waals surface area (Å²) in [6.45, 7) is 11.6. The van der Waals surface area contributed by atoms with Crippen molar-refractivity contribution in [1.82, 2.24) is 15.1 Å². The average Bonchev–Trinajstić information content (AvgIpc) is 2.85. The first kappa shape index (κ1) is 14.8. The predicted molar refractivity (Wildman–Crippen MR) is 83.7 cm³/mol. The van der Waals surface area contributed by atoms with Gasteiger partial charge < -0.3 is 5.32 Å². The molecule has 2 aromatic rings. The molecule has 0 bridgehead atoms. The number of hydrogen-bond acceptors (Lipinski definition) is 2. The molecule has 108 valence electrons. The fraction of sp³-hybridized carbons (Fsp3) is 0.471. The predicted octanol–water partition coefficient (Wildman–Crippen LogP) is 3.80. The lowest BCUT2D eigenvalue weighted by Crippen LogP contribution is -2.22. The van der Waals surface area contributed by atoms with E-state index in [0.29, 0.717) is 6.04 Å². The molecule has 1 atom stereocenters. The van der Waals surface area contributed by atoms with E-state index >= 15 is 0 Å². The van der Waals surface area contributed by atoms with Gasteiger partial charge in [-0.1, -0.05) is 29.8 Å². The minimum Gasteiger partial charge on any atom is -0.306 e. The Bertz CT molecular complexity index is 546. The molecule has 20 heavy (non-hydrogen) atoms. The lowest BCUT2D eigenvalue weighted by atomic mass is 10.1. The van der Waals surface area contributed by atoms with Crippen LogP contribution in [-0.4, -0.2) is 9.78 Å². The van der Waals surface area contributed by atoms with Crippen LogP contribution in [0.3, 0.4) is 0 Å². The van der Waals surface area contributed by atoms with Crippen molar-refractivity contribution in [2.24, 2.45) is 0 Å².